The summed E-state index contributed by atoms with van der Waals surface area (Å²) in [6, 6.07) is 0. The first kappa shape index (κ1) is 8.43. The van der Waals surface area contributed by atoms with Gasteiger partial charge in [-0.2, -0.15) is 0 Å². The quantitative estimate of drug-likeness (QED) is 0.547. The summed E-state index contributed by atoms with van der Waals surface area (Å²) < 4.78 is 0. The molecule has 9 heavy (non-hydrogen) atoms. The van der Waals surface area contributed by atoms with Crippen molar-refractivity contribution in [3.8, 4) is 0 Å². The molecular weight excluding hydrogens is 116 g/mol. The number of hydrogen-bond acceptors (Lipinski definition) is 2. The highest BCUT2D eigenvalue weighted by Gasteiger charge is 2.01. The van der Waals surface area contributed by atoms with Gasteiger partial charge in [-0.3, -0.25) is 4.79 Å². The molecule has 0 aromatic heterocycles. The number of rotatable bonds is 3. The lowest BCUT2D eigenvalue weighted by Crippen LogP contribution is -2.35. The zero-order valence-corrected chi connectivity index (χ0v) is 6.27. The van der Waals surface area contributed by atoms with Crippen molar-refractivity contribution in [3.05, 3.63) is 0 Å². The van der Waals surface area contributed by atoms with E-state index < -0.39 is 0 Å². The van der Waals surface area contributed by atoms with Crippen molar-refractivity contribution >= 4 is 5.91 Å². The SMILES string of the molecule is CCN(CNC)C(C)=O. The molecule has 3 nitrogen and oxygen atoms in total. The molecule has 0 saturated carbocycles. The molecule has 1 N–H and O–H groups in total. The Morgan fingerprint density at radius 2 is 2.22 bits per heavy atom. The topological polar surface area (TPSA) is 32.3 Å². The Kier molecular flexibility index (Phi) is 4.05. The van der Waals surface area contributed by atoms with Crippen LogP contribution in [0.1, 0.15) is 13.8 Å². The van der Waals surface area contributed by atoms with Gasteiger partial charge in [-0.25, -0.2) is 0 Å². The summed E-state index contributed by atoms with van der Waals surface area (Å²) in [5, 5.41) is 2.91. The van der Waals surface area contributed by atoms with Crippen LogP contribution < -0.4 is 5.32 Å². The van der Waals surface area contributed by atoms with Gasteiger partial charge in [0.05, 0.1) is 6.67 Å². The third kappa shape index (κ3) is 3.08. The summed E-state index contributed by atoms with van der Waals surface area (Å²) in [6.07, 6.45) is 0. The van der Waals surface area contributed by atoms with Gasteiger partial charge in [-0.05, 0) is 14.0 Å². The summed E-state index contributed by atoms with van der Waals surface area (Å²) >= 11 is 0. The van der Waals surface area contributed by atoms with Gasteiger partial charge in [0.2, 0.25) is 5.91 Å². The molecule has 0 aromatic rings. The van der Waals surface area contributed by atoms with E-state index in [1.165, 1.54) is 0 Å². The van der Waals surface area contributed by atoms with E-state index in [9.17, 15) is 4.79 Å². The summed E-state index contributed by atoms with van der Waals surface area (Å²) in [5.74, 6) is 0.117. The van der Waals surface area contributed by atoms with Gasteiger partial charge < -0.3 is 10.2 Å². The Labute approximate surface area is 56.0 Å². The lowest BCUT2D eigenvalue weighted by atomic mass is 10.5. The van der Waals surface area contributed by atoms with Crippen LogP contribution in [0, 0.1) is 0 Å². The van der Waals surface area contributed by atoms with Gasteiger partial charge in [-0.1, -0.05) is 0 Å². The van der Waals surface area contributed by atoms with Crippen LogP contribution in [0.4, 0.5) is 0 Å². The van der Waals surface area contributed by atoms with Crippen LogP contribution in [-0.2, 0) is 4.79 Å². The van der Waals surface area contributed by atoms with Crippen molar-refractivity contribution in [2.24, 2.45) is 0 Å². The van der Waals surface area contributed by atoms with Crippen LogP contribution >= 0.6 is 0 Å². The van der Waals surface area contributed by atoms with Gasteiger partial charge in [0.15, 0.2) is 0 Å². The van der Waals surface area contributed by atoms with Gasteiger partial charge in [0, 0.05) is 13.5 Å². The van der Waals surface area contributed by atoms with Crippen molar-refractivity contribution in [1.29, 1.82) is 0 Å². The van der Waals surface area contributed by atoms with Crippen molar-refractivity contribution in [2.45, 2.75) is 13.8 Å². The van der Waals surface area contributed by atoms with E-state index in [4.69, 9.17) is 0 Å². The van der Waals surface area contributed by atoms with E-state index in [2.05, 4.69) is 5.32 Å². The molecule has 3 heteroatoms. The molecule has 0 aromatic carbocycles. The average molecular weight is 130 g/mol. The van der Waals surface area contributed by atoms with Crippen LogP contribution in [0.25, 0.3) is 0 Å². The van der Waals surface area contributed by atoms with Crippen molar-refractivity contribution in [1.82, 2.24) is 10.2 Å². The highest BCUT2D eigenvalue weighted by atomic mass is 16.2. The maximum Gasteiger partial charge on any atom is 0.220 e. The predicted molar refractivity (Wildman–Crippen MR) is 37.0 cm³/mol. The second-order valence-electron chi connectivity index (χ2n) is 1.89. The maximum absolute atomic E-state index is 10.7. The first-order chi connectivity index (χ1) is 4.22. The van der Waals surface area contributed by atoms with Crippen LogP contribution in [-0.4, -0.2) is 31.1 Å². The Morgan fingerprint density at radius 1 is 1.67 bits per heavy atom. The number of nitrogens with one attached hydrogen (secondary N) is 1. The molecule has 0 radical (unpaired) electrons. The predicted octanol–water partition coefficient (Wildman–Crippen LogP) is 0.0317. The lowest BCUT2D eigenvalue weighted by molar-refractivity contribution is -0.128. The third-order valence-corrected chi connectivity index (χ3v) is 1.18. The molecule has 1 amide bonds. The molecule has 0 aliphatic heterocycles. The molecule has 0 unspecified atom stereocenters. The lowest BCUT2D eigenvalue weighted by Gasteiger charge is -2.17. The first-order valence-electron chi connectivity index (χ1n) is 3.12. The Morgan fingerprint density at radius 3 is 2.33 bits per heavy atom. The molecule has 0 rings (SSSR count). The minimum atomic E-state index is 0.117. The van der Waals surface area contributed by atoms with Crippen LogP contribution in [0.5, 0.6) is 0 Å². The van der Waals surface area contributed by atoms with Crippen molar-refractivity contribution in [3.63, 3.8) is 0 Å². The van der Waals surface area contributed by atoms with Gasteiger partial charge >= 0.3 is 0 Å². The van der Waals surface area contributed by atoms with Crippen molar-refractivity contribution < 1.29 is 4.79 Å². The highest BCUT2D eigenvalue weighted by Crippen LogP contribution is 1.83. The van der Waals surface area contributed by atoms with Gasteiger partial charge in [0.25, 0.3) is 0 Å². The van der Waals surface area contributed by atoms with E-state index in [1.54, 1.807) is 11.8 Å². The minimum Gasteiger partial charge on any atom is -0.330 e. The fourth-order valence-electron chi connectivity index (χ4n) is 0.637. The molecule has 0 aliphatic carbocycles. The van der Waals surface area contributed by atoms with E-state index in [0.717, 1.165) is 6.54 Å². The largest absolute Gasteiger partial charge is 0.330 e. The van der Waals surface area contributed by atoms with E-state index in [-0.39, 0.29) is 5.91 Å². The molecule has 0 heterocycles. The van der Waals surface area contributed by atoms with E-state index in [0.29, 0.717) is 6.67 Å². The molecule has 0 bridgehead atoms. The molecule has 0 saturated heterocycles. The van der Waals surface area contributed by atoms with E-state index in [1.807, 2.05) is 14.0 Å². The number of carbonyl (C=O) groups excluding carboxylic acids is 1. The summed E-state index contributed by atoms with van der Waals surface area (Å²) in [5.41, 5.74) is 0. The maximum atomic E-state index is 10.7. The average Bonchev–Trinajstić information content (AvgIpc) is 1.82. The Balaban J connectivity index is 3.54. The summed E-state index contributed by atoms with van der Waals surface area (Å²) in [7, 11) is 1.82. The van der Waals surface area contributed by atoms with Crippen LogP contribution in [0.15, 0.2) is 0 Å². The number of hydrogen-bond donors (Lipinski definition) is 1. The minimum absolute atomic E-state index is 0.117. The molecule has 0 fully saturated rings. The fraction of sp³-hybridized carbons (Fsp3) is 0.833. The number of amides is 1. The summed E-state index contributed by atoms with van der Waals surface area (Å²) in [4.78, 5) is 12.4. The molecular formula is C6H14N2O. The number of carbonyl (C=O) groups is 1. The van der Waals surface area contributed by atoms with Crippen LogP contribution in [0.3, 0.4) is 0 Å². The Bertz CT molecular complexity index is 93.1. The van der Waals surface area contributed by atoms with Gasteiger partial charge in [-0.15, -0.1) is 0 Å². The standard InChI is InChI=1S/C6H14N2O/c1-4-8(5-7-3)6(2)9/h7H,4-5H2,1-3H3. The third-order valence-electron chi connectivity index (χ3n) is 1.18. The smallest absolute Gasteiger partial charge is 0.220 e. The zero-order chi connectivity index (χ0) is 7.28. The summed E-state index contributed by atoms with van der Waals surface area (Å²) in [6.45, 7) is 4.95. The zero-order valence-electron chi connectivity index (χ0n) is 6.27. The molecule has 0 aliphatic rings. The molecule has 0 spiro atoms. The van der Waals surface area contributed by atoms with Crippen LogP contribution in [0.2, 0.25) is 0 Å². The second-order valence-corrected chi connectivity index (χ2v) is 1.89. The van der Waals surface area contributed by atoms with Gasteiger partial charge in [0.1, 0.15) is 0 Å². The van der Waals surface area contributed by atoms with E-state index >= 15 is 0 Å². The normalized spacial score (nSPS) is 9.22. The molecule has 54 valence electrons. The molecule has 0 atom stereocenters. The fourth-order valence-corrected chi connectivity index (χ4v) is 0.637. The first-order valence-corrected chi connectivity index (χ1v) is 3.12. The van der Waals surface area contributed by atoms with Crippen molar-refractivity contribution in [2.75, 3.05) is 20.3 Å². The Hall–Kier alpha value is -0.570. The second kappa shape index (κ2) is 4.32. The highest BCUT2D eigenvalue weighted by molar-refractivity contribution is 5.73. The monoisotopic (exact) mass is 130 g/mol. The number of nitrogens with zero attached hydrogens (tertiary/aromatic N) is 1.